The number of nitrogens with one attached hydrogen (secondary N) is 1. The molecule has 0 radical (unpaired) electrons. The van der Waals surface area contributed by atoms with Gasteiger partial charge in [-0.15, -0.1) is 0 Å². The number of anilines is 1. The SMILES string of the molecule is Cc1nc2c(N3CC[C@H](O)[C@H](NC(=O)CCOc4ccccc4)C3)ncnc2o1. The molecule has 152 valence electrons. The van der Waals surface area contributed by atoms with Crippen LogP contribution >= 0.6 is 0 Å². The minimum Gasteiger partial charge on any atom is -0.493 e. The summed E-state index contributed by atoms with van der Waals surface area (Å²) in [6.45, 7) is 3.05. The molecule has 9 nitrogen and oxygen atoms in total. The van der Waals surface area contributed by atoms with Gasteiger partial charge in [-0.1, -0.05) is 18.2 Å². The zero-order valence-electron chi connectivity index (χ0n) is 16.1. The first-order valence-electron chi connectivity index (χ1n) is 9.58. The predicted molar refractivity (Wildman–Crippen MR) is 106 cm³/mol. The average molecular weight is 397 g/mol. The maximum atomic E-state index is 12.3. The van der Waals surface area contributed by atoms with Crippen molar-refractivity contribution in [3.63, 3.8) is 0 Å². The lowest BCUT2D eigenvalue weighted by Gasteiger charge is -2.37. The van der Waals surface area contributed by atoms with Crippen molar-refractivity contribution in [1.29, 1.82) is 0 Å². The molecule has 4 rings (SSSR count). The molecule has 0 saturated carbocycles. The molecule has 9 heteroatoms. The second kappa shape index (κ2) is 8.44. The fraction of sp³-hybridized carbons (Fsp3) is 0.400. The Labute approximate surface area is 167 Å². The van der Waals surface area contributed by atoms with Crippen LogP contribution in [-0.2, 0) is 4.79 Å². The van der Waals surface area contributed by atoms with Crippen LogP contribution in [0.2, 0.25) is 0 Å². The van der Waals surface area contributed by atoms with Crippen LogP contribution in [0.25, 0.3) is 11.2 Å². The van der Waals surface area contributed by atoms with Gasteiger partial charge in [0.25, 0.3) is 5.71 Å². The number of nitrogens with zero attached hydrogens (tertiary/aromatic N) is 4. The van der Waals surface area contributed by atoms with Crippen LogP contribution in [0.3, 0.4) is 0 Å². The molecule has 0 aliphatic carbocycles. The molecule has 1 fully saturated rings. The number of carbonyl (C=O) groups excluding carboxylic acids is 1. The van der Waals surface area contributed by atoms with Gasteiger partial charge in [0.15, 0.2) is 17.2 Å². The number of aliphatic hydroxyl groups is 1. The molecule has 3 aromatic rings. The lowest BCUT2D eigenvalue weighted by molar-refractivity contribution is -0.123. The number of carbonyl (C=O) groups is 1. The summed E-state index contributed by atoms with van der Waals surface area (Å²) in [6, 6.07) is 8.93. The summed E-state index contributed by atoms with van der Waals surface area (Å²) < 4.78 is 11.0. The van der Waals surface area contributed by atoms with Crippen molar-refractivity contribution in [2.45, 2.75) is 31.9 Å². The van der Waals surface area contributed by atoms with Gasteiger partial charge in [0, 0.05) is 20.0 Å². The number of amides is 1. The number of fused-ring (bicyclic) bond motifs is 1. The number of aromatic nitrogens is 3. The molecule has 1 aromatic carbocycles. The monoisotopic (exact) mass is 397 g/mol. The third kappa shape index (κ3) is 4.45. The Morgan fingerprint density at radius 1 is 1.34 bits per heavy atom. The first kappa shape index (κ1) is 19.1. The standard InChI is InChI=1S/C20H23N5O4/c1-13-23-18-19(21-12-22-20(18)29-13)25-9-7-16(26)15(11-25)24-17(27)8-10-28-14-5-3-2-4-6-14/h2-6,12,15-16,26H,7-11H2,1H3,(H,24,27)/t15-,16+/m1/s1. The zero-order valence-corrected chi connectivity index (χ0v) is 16.1. The summed E-state index contributed by atoms with van der Waals surface area (Å²) in [4.78, 5) is 27.1. The first-order valence-corrected chi connectivity index (χ1v) is 9.58. The number of benzene rings is 1. The molecule has 1 aliphatic rings. The number of ether oxygens (including phenoxy) is 1. The molecular formula is C20H23N5O4. The highest BCUT2D eigenvalue weighted by Crippen LogP contribution is 2.25. The lowest BCUT2D eigenvalue weighted by atomic mass is 10.0. The van der Waals surface area contributed by atoms with Gasteiger partial charge in [0.05, 0.1) is 25.2 Å². The van der Waals surface area contributed by atoms with Crippen LogP contribution in [0.15, 0.2) is 41.1 Å². The molecule has 2 atom stereocenters. The van der Waals surface area contributed by atoms with Gasteiger partial charge < -0.3 is 24.5 Å². The predicted octanol–water partition coefficient (Wildman–Crippen LogP) is 1.45. The molecule has 29 heavy (non-hydrogen) atoms. The van der Waals surface area contributed by atoms with E-state index in [4.69, 9.17) is 9.15 Å². The maximum absolute atomic E-state index is 12.3. The van der Waals surface area contributed by atoms with Crippen molar-refractivity contribution in [1.82, 2.24) is 20.3 Å². The van der Waals surface area contributed by atoms with Crippen LogP contribution < -0.4 is 15.0 Å². The van der Waals surface area contributed by atoms with E-state index in [0.717, 1.165) is 5.75 Å². The van der Waals surface area contributed by atoms with E-state index >= 15 is 0 Å². The fourth-order valence-electron chi connectivity index (χ4n) is 3.41. The molecule has 0 bridgehead atoms. The molecule has 1 saturated heterocycles. The smallest absolute Gasteiger partial charge is 0.252 e. The number of piperidine rings is 1. The Morgan fingerprint density at radius 3 is 3.00 bits per heavy atom. The van der Waals surface area contributed by atoms with Crippen LogP contribution in [0.1, 0.15) is 18.7 Å². The Hall–Kier alpha value is -3.20. The number of hydrogen-bond acceptors (Lipinski definition) is 8. The number of aryl methyl sites for hydroxylation is 1. The van der Waals surface area contributed by atoms with E-state index in [-0.39, 0.29) is 18.9 Å². The van der Waals surface area contributed by atoms with Crippen molar-refractivity contribution in [3.8, 4) is 5.75 Å². The third-order valence-corrected chi connectivity index (χ3v) is 4.85. The summed E-state index contributed by atoms with van der Waals surface area (Å²) in [5.41, 5.74) is 1.01. The van der Waals surface area contributed by atoms with Gasteiger partial charge in [0.1, 0.15) is 12.1 Å². The van der Waals surface area contributed by atoms with Crippen LogP contribution in [0.5, 0.6) is 5.75 Å². The second-order valence-electron chi connectivity index (χ2n) is 6.97. The minimum absolute atomic E-state index is 0.169. The number of aliphatic hydroxyl groups excluding tert-OH is 1. The van der Waals surface area contributed by atoms with Gasteiger partial charge in [-0.25, -0.2) is 9.97 Å². The summed E-state index contributed by atoms with van der Waals surface area (Å²) in [6.07, 6.45) is 1.52. The Morgan fingerprint density at radius 2 is 2.17 bits per heavy atom. The van der Waals surface area contributed by atoms with Crippen molar-refractivity contribution >= 4 is 23.0 Å². The minimum atomic E-state index is -0.624. The van der Waals surface area contributed by atoms with E-state index in [9.17, 15) is 9.90 Å². The maximum Gasteiger partial charge on any atom is 0.252 e. The van der Waals surface area contributed by atoms with Gasteiger partial charge >= 0.3 is 0 Å². The molecular weight excluding hydrogens is 374 g/mol. The van der Waals surface area contributed by atoms with Crippen molar-refractivity contribution < 1.29 is 19.1 Å². The van der Waals surface area contributed by atoms with E-state index in [1.165, 1.54) is 6.33 Å². The van der Waals surface area contributed by atoms with Gasteiger partial charge in [-0.3, -0.25) is 4.79 Å². The van der Waals surface area contributed by atoms with Crippen LogP contribution in [0, 0.1) is 6.92 Å². The van der Waals surface area contributed by atoms with Gasteiger partial charge in [0.2, 0.25) is 5.91 Å². The van der Waals surface area contributed by atoms with Crippen molar-refractivity contribution in [3.05, 3.63) is 42.5 Å². The molecule has 0 unspecified atom stereocenters. The Kier molecular flexibility index (Phi) is 5.57. The molecule has 0 spiro atoms. The largest absolute Gasteiger partial charge is 0.493 e. The van der Waals surface area contributed by atoms with Crippen molar-refractivity contribution in [2.24, 2.45) is 0 Å². The number of oxazole rings is 1. The number of rotatable bonds is 6. The van der Waals surface area contributed by atoms with Crippen LogP contribution in [-0.4, -0.2) is 57.8 Å². The van der Waals surface area contributed by atoms with E-state index in [1.54, 1.807) is 6.92 Å². The summed E-state index contributed by atoms with van der Waals surface area (Å²) >= 11 is 0. The Balaban J connectivity index is 1.36. The fourth-order valence-corrected chi connectivity index (χ4v) is 3.41. The van der Waals surface area contributed by atoms with Crippen molar-refractivity contribution in [2.75, 3.05) is 24.6 Å². The normalized spacial score (nSPS) is 19.3. The summed E-state index contributed by atoms with van der Waals surface area (Å²) in [5, 5.41) is 13.3. The number of para-hydroxylation sites is 1. The highest BCUT2D eigenvalue weighted by atomic mass is 16.5. The molecule has 3 heterocycles. The van der Waals surface area contributed by atoms with Gasteiger partial charge in [-0.05, 0) is 18.6 Å². The topological polar surface area (TPSA) is 114 Å². The van der Waals surface area contributed by atoms with E-state index < -0.39 is 12.1 Å². The van der Waals surface area contributed by atoms with Crippen LogP contribution in [0.4, 0.5) is 5.82 Å². The van der Waals surface area contributed by atoms with Gasteiger partial charge in [-0.2, -0.15) is 4.98 Å². The summed E-state index contributed by atoms with van der Waals surface area (Å²) in [5.74, 6) is 1.71. The number of hydrogen-bond donors (Lipinski definition) is 2. The third-order valence-electron chi connectivity index (χ3n) is 4.85. The second-order valence-corrected chi connectivity index (χ2v) is 6.97. The molecule has 2 N–H and O–H groups in total. The first-order chi connectivity index (χ1) is 14.1. The zero-order chi connectivity index (χ0) is 20.2. The highest BCUT2D eigenvalue weighted by Gasteiger charge is 2.31. The molecule has 1 aliphatic heterocycles. The lowest BCUT2D eigenvalue weighted by Crippen LogP contribution is -2.55. The highest BCUT2D eigenvalue weighted by molar-refractivity contribution is 5.82. The van der Waals surface area contributed by atoms with E-state index in [0.29, 0.717) is 42.4 Å². The Bertz CT molecular complexity index is 977. The molecule has 2 aromatic heterocycles. The summed E-state index contributed by atoms with van der Waals surface area (Å²) in [7, 11) is 0. The van der Waals surface area contributed by atoms with E-state index in [1.807, 2.05) is 35.2 Å². The van der Waals surface area contributed by atoms with E-state index in [2.05, 4.69) is 20.3 Å². The molecule has 1 amide bonds. The average Bonchev–Trinajstić information content (AvgIpc) is 3.11. The quantitative estimate of drug-likeness (QED) is 0.643.